The summed E-state index contributed by atoms with van der Waals surface area (Å²) < 4.78 is 46.2. The highest BCUT2D eigenvalue weighted by molar-refractivity contribution is 9.26. The van der Waals surface area contributed by atoms with Gasteiger partial charge in [-0.3, -0.25) is 0 Å². The number of hydrogen-bond donors (Lipinski definition) is 0. The van der Waals surface area contributed by atoms with Gasteiger partial charge in [-0.2, -0.15) is 0 Å². The molecule has 0 aliphatic rings. The maximum atomic E-state index is 6.20. The van der Waals surface area contributed by atoms with Crippen LogP contribution in [0.25, 0.3) is 0 Å². The SMILES string of the molecule is CCC([SiH3])(CCC(OC(C)OC)SSSSC(CCC([SiH3])(CC)OC(C)OC)OC(C)OC)OC(C)OC. The maximum absolute atomic E-state index is 6.20. The summed E-state index contributed by atoms with van der Waals surface area (Å²) in [5.41, 5.74) is -0.0556. The zero-order valence-electron chi connectivity index (χ0n) is 25.6. The molecule has 0 radical (unpaired) electrons. The molecule has 0 aromatic rings. The summed E-state index contributed by atoms with van der Waals surface area (Å²) in [7, 11) is 15.4. The quantitative estimate of drug-likeness (QED) is 0.0585. The van der Waals surface area contributed by atoms with Crippen molar-refractivity contribution in [2.75, 3.05) is 28.4 Å². The Morgan fingerprint density at radius 3 is 1.16 bits per heavy atom. The molecule has 0 N–H and O–H groups in total. The molecule has 0 aliphatic carbocycles. The summed E-state index contributed by atoms with van der Waals surface area (Å²) in [6.07, 6.45) is 4.45. The Morgan fingerprint density at radius 2 is 0.895 bits per heavy atom. The minimum Gasteiger partial charge on any atom is -0.356 e. The van der Waals surface area contributed by atoms with Gasteiger partial charge in [0, 0.05) is 48.9 Å². The van der Waals surface area contributed by atoms with Gasteiger partial charge in [0.1, 0.15) is 10.9 Å². The smallest absolute Gasteiger partial charge is 0.155 e. The van der Waals surface area contributed by atoms with Gasteiger partial charge in [-0.25, -0.2) is 0 Å². The largest absolute Gasteiger partial charge is 0.356 e. The molecule has 0 saturated heterocycles. The lowest BCUT2D eigenvalue weighted by Gasteiger charge is -2.33. The Hall–Kier alpha value is 1.51. The van der Waals surface area contributed by atoms with Gasteiger partial charge in [0.05, 0.1) is 10.4 Å². The lowest BCUT2D eigenvalue weighted by molar-refractivity contribution is -0.167. The van der Waals surface area contributed by atoms with Crippen LogP contribution in [0.3, 0.4) is 0 Å². The molecule has 0 heterocycles. The molecule has 0 aromatic carbocycles. The average molecular weight is 655 g/mol. The van der Waals surface area contributed by atoms with Crippen LogP contribution in [0.15, 0.2) is 0 Å². The number of rotatable bonds is 25. The molecule has 0 spiro atoms. The van der Waals surface area contributed by atoms with E-state index in [-0.39, 0.29) is 46.5 Å². The van der Waals surface area contributed by atoms with Crippen LogP contribution in [0.1, 0.15) is 80.1 Å². The van der Waals surface area contributed by atoms with E-state index in [2.05, 4.69) is 13.8 Å². The van der Waals surface area contributed by atoms with Crippen molar-refractivity contribution in [1.82, 2.24) is 0 Å². The van der Waals surface area contributed by atoms with E-state index in [1.165, 1.54) is 0 Å². The van der Waals surface area contributed by atoms with Crippen LogP contribution >= 0.6 is 41.2 Å². The summed E-state index contributed by atoms with van der Waals surface area (Å²) in [6, 6.07) is 0. The summed E-state index contributed by atoms with van der Waals surface area (Å²) in [6.45, 7) is 12.1. The van der Waals surface area contributed by atoms with Gasteiger partial charge in [-0.1, -0.05) is 13.8 Å². The molecule has 8 atom stereocenters. The van der Waals surface area contributed by atoms with E-state index in [9.17, 15) is 0 Å². The molecule has 0 bridgehead atoms. The van der Waals surface area contributed by atoms with Crippen molar-refractivity contribution in [1.29, 1.82) is 0 Å². The second-order valence-corrected chi connectivity index (χ2v) is 19.4. The van der Waals surface area contributed by atoms with Crippen molar-refractivity contribution >= 4 is 61.7 Å². The third kappa shape index (κ3) is 18.1. The molecule has 8 unspecified atom stereocenters. The predicted octanol–water partition coefficient (Wildman–Crippen LogP) is 4.86. The van der Waals surface area contributed by atoms with Gasteiger partial charge in [0.15, 0.2) is 25.2 Å². The number of methoxy groups -OCH3 is 4. The third-order valence-electron chi connectivity index (χ3n) is 6.55. The minimum absolute atomic E-state index is 0.0278. The standard InChI is InChI=1S/C24H54O8S4Si2/c1-11-23(37,31-19(5)27-9)15-13-21(29-17(3)25-7)33-35-36-34-22(30-18(4)26-8)14-16-24(38,12-2)32-20(6)28-10/h17-22H,11-16H2,1-10,37-38H3. The minimum atomic E-state index is -0.279. The van der Waals surface area contributed by atoms with Gasteiger partial charge in [0.25, 0.3) is 0 Å². The van der Waals surface area contributed by atoms with E-state index in [0.29, 0.717) is 0 Å². The highest BCUT2D eigenvalue weighted by Gasteiger charge is 2.29. The Kier molecular flexibility index (Phi) is 23.0. The van der Waals surface area contributed by atoms with Crippen LogP contribution in [-0.4, -0.2) is 95.4 Å². The lowest BCUT2D eigenvalue weighted by atomic mass is 10.1. The summed E-state index contributed by atoms with van der Waals surface area (Å²) in [5.74, 6) is 0. The lowest BCUT2D eigenvalue weighted by Crippen LogP contribution is -2.37. The van der Waals surface area contributed by atoms with Crippen LogP contribution in [0.4, 0.5) is 0 Å². The highest BCUT2D eigenvalue weighted by Crippen LogP contribution is 2.49. The van der Waals surface area contributed by atoms with Gasteiger partial charge in [-0.05, 0) is 107 Å². The van der Waals surface area contributed by atoms with Gasteiger partial charge in [0.2, 0.25) is 0 Å². The van der Waals surface area contributed by atoms with Crippen molar-refractivity contribution in [3.63, 3.8) is 0 Å². The third-order valence-corrected chi connectivity index (χ3v) is 16.1. The molecular weight excluding hydrogens is 601 g/mol. The van der Waals surface area contributed by atoms with E-state index in [4.69, 9.17) is 37.9 Å². The monoisotopic (exact) mass is 654 g/mol. The van der Waals surface area contributed by atoms with Crippen molar-refractivity contribution in [2.45, 2.75) is 127 Å². The first-order valence-electron chi connectivity index (χ1n) is 13.3. The zero-order chi connectivity index (χ0) is 29.2. The number of ether oxygens (including phenoxy) is 8. The van der Waals surface area contributed by atoms with Gasteiger partial charge >= 0.3 is 0 Å². The molecule has 0 saturated carbocycles. The first kappa shape index (κ1) is 39.5. The molecule has 14 heteroatoms. The summed E-state index contributed by atoms with van der Waals surface area (Å²) in [5, 5.41) is -0.291. The van der Waals surface area contributed by atoms with Crippen LogP contribution in [0.2, 0.25) is 0 Å². The fourth-order valence-electron chi connectivity index (χ4n) is 3.32. The van der Waals surface area contributed by atoms with Crippen LogP contribution < -0.4 is 0 Å². The Balaban J connectivity index is 5.03. The Labute approximate surface area is 253 Å². The van der Waals surface area contributed by atoms with Gasteiger partial charge in [-0.15, -0.1) is 0 Å². The van der Waals surface area contributed by atoms with Gasteiger partial charge < -0.3 is 37.9 Å². The maximum Gasteiger partial charge on any atom is 0.155 e. The summed E-state index contributed by atoms with van der Waals surface area (Å²) >= 11 is 0. The fourth-order valence-corrected chi connectivity index (χ4v) is 11.1. The summed E-state index contributed by atoms with van der Waals surface area (Å²) in [4.78, 5) is 0. The molecule has 0 fully saturated rings. The van der Waals surface area contributed by atoms with E-state index < -0.39 is 0 Å². The van der Waals surface area contributed by atoms with E-state index in [0.717, 1.165) is 59.0 Å². The molecule has 8 nitrogen and oxygen atoms in total. The van der Waals surface area contributed by atoms with E-state index in [1.807, 2.05) is 27.7 Å². The zero-order valence-corrected chi connectivity index (χ0v) is 32.9. The molecule has 0 aromatic heterocycles. The molecule has 0 amide bonds. The molecular formula is C24H54O8S4Si2. The second-order valence-electron chi connectivity index (χ2n) is 9.59. The Bertz CT molecular complexity index is 544. The van der Waals surface area contributed by atoms with Crippen LogP contribution in [0.5, 0.6) is 0 Å². The number of hydrogen-bond acceptors (Lipinski definition) is 12. The van der Waals surface area contributed by atoms with E-state index in [1.54, 1.807) is 69.7 Å². The fraction of sp³-hybridized carbons (Fsp3) is 1.00. The highest BCUT2D eigenvalue weighted by atomic mass is 33.7. The average Bonchev–Trinajstić information content (AvgIpc) is 2.91. The molecule has 0 aliphatic heterocycles. The van der Waals surface area contributed by atoms with Crippen molar-refractivity contribution in [3.05, 3.63) is 0 Å². The molecule has 38 heavy (non-hydrogen) atoms. The Morgan fingerprint density at radius 1 is 0.579 bits per heavy atom. The molecule has 230 valence electrons. The normalized spacial score (nSPS) is 20.4. The molecule has 0 rings (SSSR count). The van der Waals surface area contributed by atoms with E-state index >= 15 is 0 Å². The first-order chi connectivity index (χ1) is 17.9. The van der Waals surface area contributed by atoms with Crippen molar-refractivity contribution in [2.24, 2.45) is 0 Å². The first-order valence-corrected chi connectivity index (χ1v) is 20.3. The van der Waals surface area contributed by atoms with Crippen LogP contribution in [-0.2, 0) is 37.9 Å². The second kappa shape index (κ2) is 22.1. The van der Waals surface area contributed by atoms with Crippen molar-refractivity contribution < 1.29 is 37.9 Å². The topological polar surface area (TPSA) is 73.8 Å². The van der Waals surface area contributed by atoms with Crippen molar-refractivity contribution in [3.8, 4) is 0 Å². The van der Waals surface area contributed by atoms with Crippen LogP contribution in [0, 0.1) is 0 Å². The predicted molar refractivity (Wildman–Crippen MR) is 173 cm³/mol.